The Balaban J connectivity index is 2.59. The third-order valence-corrected chi connectivity index (χ3v) is 3.14. The fourth-order valence-electron chi connectivity index (χ4n) is 2.12. The lowest BCUT2D eigenvalue weighted by Crippen LogP contribution is -2.36. The molecular formula is C14H17N3O2. The molecule has 2 heterocycles. The zero-order chi connectivity index (χ0) is 14.0. The molecule has 0 aliphatic heterocycles. The minimum absolute atomic E-state index is 0.0761. The van der Waals surface area contributed by atoms with Gasteiger partial charge in [0.15, 0.2) is 0 Å². The summed E-state index contributed by atoms with van der Waals surface area (Å²) in [6.45, 7) is 1.89. The maximum absolute atomic E-state index is 12.4. The Bertz CT molecular complexity index is 661. The lowest BCUT2D eigenvalue weighted by molar-refractivity contribution is -0.132. The molecule has 5 nitrogen and oxygen atoms in total. The first-order valence-corrected chi connectivity index (χ1v) is 6.23. The number of likely N-dealkylation sites (N-methyl/N-ethyl adjacent to an activating group) is 1. The molecule has 1 amide bonds. The van der Waals surface area contributed by atoms with E-state index in [4.69, 9.17) is 0 Å². The Kier molecular flexibility index (Phi) is 3.64. The number of fused-ring (bicyclic) bond motifs is 1. The predicted octanol–water partition coefficient (Wildman–Crippen LogP) is 1.44. The van der Waals surface area contributed by atoms with Gasteiger partial charge in [0.05, 0.1) is 10.9 Å². The molecule has 0 aliphatic rings. The van der Waals surface area contributed by atoms with Gasteiger partial charge in [0.1, 0.15) is 6.04 Å². The van der Waals surface area contributed by atoms with Gasteiger partial charge in [-0.1, -0.05) is 6.92 Å². The van der Waals surface area contributed by atoms with Crippen LogP contribution in [0.5, 0.6) is 0 Å². The van der Waals surface area contributed by atoms with Crippen molar-refractivity contribution in [2.24, 2.45) is 0 Å². The highest BCUT2D eigenvalue weighted by Crippen LogP contribution is 2.14. The van der Waals surface area contributed by atoms with Crippen LogP contribution in [0, 0.1) is 0 Å². The van der Waals surface area contributed by atoms with Crippen molar-refractivity contribution in [3.63, 3.8) is 0 Å². The van der Waals surface area contributed by atoms with E-state index in [1.54, 1.807) is 44.7 Å². The fraction of sp³-hybridized carbons (Fsp3) is 0.357. The Morgan fingerprint density at radius 2 is 2.16 bits per heavy atom. The van der Waals surface area contributed by atoms with Crippen LogP contribution in [0.15, 0.2) is 35.4 Å². The average Bonchev–Trinajstić information content (AvgIpc) is 2.42. The number of hydrogen-bond donors (Lipinski definition) is 0. The summed E-state index contributed by atoms with van der Waals surface area (Å²) in [4.78, 5) is 30.2. The molecule has 0 saturated heterocycles. The molecule has 2 aromatic rings. The molecule has 19 heavy (non-hydrogen) atoms. The molecule has 0 bridgehead atoms. The maximum Gasteiger partial charge on any atom is 0.260 e. The minimum Gasteiger partial charge on any atom is -0.347 e. The van der Waals surface area contributed by atoms with Gasteiger partial charge in [0.25, 0.3) is 5.56 Å². The minimum atomic E-state index is -0.466. The van der Waals surface area contributed by atoms with Crippen LogP contribution in [-0.4, -0.2) is 34.5 Å². The van der Waals surface area contributed by atoms with Gasteiger partial charge in [-0.3, -0.25) is 14.6 Å². The smallest absolute Gasteiger partial charge is 0.260 e. The molecule has 0 spiro atoms. The van der Waals surface area contributed by atoms with Crippen LogP contribution in [0.1, 0.15) is 19.4 Å². The number of aromatic nitrogens is 2. The predicted molar refractivity (Wildman–Crippen MR) is 74.0 cm³/mol. The first kappa shape index (κ1) is 13.3. The van der Waals surface area contributed by atoms with Crippen molar-refractivity contribution in [2.75, 3.05) is 14.1 Å². The van der Waals surface area contributed by atoms with E-state index in [-0.39, 0.29) is 11.5 Å². The number of carbonyl (C=O) groups is 1. The zero-order valence-corrected chi connectivity index (χ0v) is 11.3. The second kappa shape index (κ2) is 5.22. The lowest BCUT2D eigenvalue weighted by Gasteiger charge is -2.21. The maximum atomic E-state index is 12.4. The van der Waals surface area contributed by atoms with Gasteiger partial charge in [-0.25, -0.2) is 0 Å². The normalized spacial score (nSPS) is 12.4. The van der Waals surface area contributed by atoms with Crippen LogP contribution in [0.2, 0.25) is 0 Å². The van der Waals surface area contributed by atoms with Crippen LogP contribution in [-0.2, 0) is 4.79 Å². The van der Waals surface area contributed by atoms with Gasteiger partial charge in [-0.2, -0.15) is 0 Å². The van der Waals surface area contributed by atoms with Crippen molar-refractivity contribution in [2.45, 2.75) is 19.4 Å². The molecule has 0 N–H and O–H groups in total. The second-order valence-corrected chi connectivity index (χ2v) is 4.62. The standard InChI is InChI=1S/C14H17N3O2/c1-4-12(14(19)16(2)3)17-9-7-11-10(13(17)18)6-5-8-15-11/h5-9,12H,4H2,1-3H3/t12-/m1/s1. The van der Waals surface area contributed by atoms with Gasteiger partial charge in [-0.05, 0) is 24.6 Å². The molecule has 0 fully saturated rings. The van der Waals surface area contributed by atoms with Crippen LogP contribution < -0.4 is 5.56 Å². The summed E-state index contributed by atoms with van der Waals surface area (Å²) in [6, 6.07) is 4.76. The van der Waals surface area contributed by atoms with Gasteiger partial charge in [-0.15, -0.1) is 0 Å². The van der Waals surface area contributed by atoms with Crippen molar-refractivity contribution in [3.05, 3.63) is 40.9 Å². The second-order valence-electron chi connectivity index (χ2n) is 4.62. The fourth-order valence-corrected chi connectivity index (χ4v) is 2.12. The Morgan fingerprint density at radius 1 is 1.42 bits per heavy atom. The van der Waals surface area contributed by atoms with Gasteiger partial charge >= 0.3 is 0 Å². The van der Waals surface area contributed by atoms with E-state index in [0.717, 1.165) is 0 Å². The number of hydrogen-bond acceptors (Lipinski definition) is 3. The molecular weight excluding hydrogens is 242 g/mol. The molecule has 1 atom stereocenters. The molecule has 2 rings (SSSR count). The molecule has 0 aromatic carbocycles. The SMILES string of the molecule is CC[C@H](C(=O)N(C)C)n1ccc2ncccc2c1=O. The highest BCUT2D eigenvalue weighted by Gasteiger charge is 2.21. The summed E-state index contributed by atoms with van der Waals surface area (Å²) >= 11 is 0. The summed E-state index contributed by atoms with van der Waals surface area (Å²) in [7, 11) is 3.39. The van der Waals surface area contributed by atoms with Crippen LogP contribution >= 0.6 is 0 Å². The first-order valence-electron chi connectivity index (χ1n) is 6.23. The molecule has 2 aromatic heterocycles. The molecule has 100 valence electrons. The van der Waals surface area contributed by atoms with E-state index in [1.807, 2.05) is 6.92 Å². The summed E-state index contributed by atoms with van der Waals surface area (Å²) in [5.41, 5.74) is 0.476. The van der Waals surface area contributed by atoms with Crippen molar-refractivity contribution in [1.82, 2.24) is 14.5 Å². The Morgan fingerprint density at radius 3 is 2.79 bits per heavy atom. The number of rotatable bonds is 3. The van der Waals surface area contributed by atoms with Gasteiger partial charge in [0, 0.05) is 26.5 Å². The van der Waals surface area contributed by atoms with Crippen LogP contribution in [0.4, 0.5) is 0 Å². The van der Waals surface area contributed by atoms with E-state index in [9.17, 15) is 9.59 Å². The molecule has 0 unspecified atom stereocenters. The highest BCUT2D eigenvalue weighted by atomic mass is 16.2. The van der Waals surface area contributed by atoms with Crippen LogP contribution in [0.3, 0.4) is 0 Å². The monoisotopic (exact) mass is 259 g/mol. The summed E-state index contributed by atoms with van der Waals surface area (Å²) in [5.74, 6) is -0.0761. The number of carbonyl (C=O) groups excluding carboxylic acids is 1. The van der Waals surface area contributed by atoms with Gasteiger partial charge in [0.2, 0.25) is 5.91 Å². The van der Waals surface area contributed by atoms with Crippen molar-refractivity contribution in [1.29, 1.82) is 0 Å². The van der Waals surface area contributed by atoms with Gasteiger partial charge < -0.3 is 9.47 Å². The number of nitrogens with zero attached hydrogens (tertiary/aromatic N) is 3. The third-order valence-electron chi connectivity index (χ3n) is 3.14. The van der Waals surface area contributed by atoms with Crippen LogP contribution in [0.25, 0.3) is 10.9 Å². The summed E-state index contributed by atoms with van der Waals surface area (Å²) in [5, 5.41) is 0.537. The quantitative estimate of drug-likeness (QED) is 0.838. The molecule has 0 aliphatic carbocycles. The first-order chi connectivity index (χ1) is 9.06. The topological polar surface area (TPSA) is 55.2 Å². The molecule has 0 saturated carbocycles. The van der Waals surface area contributed by atoms with E-state index in [0.29, 0.717) is 17.3 Å². The Hall–Kier alpha value is -2.17. The van der Waals surface area contributed by atoms with E-state index in [1.165, 1.54) is 9.47 Å². The average molecular weight is 259 g/mol. The summed E-state index contributed by atoms with van der Waals surface area (Å²) in [6.07, 6.45) is 3.87. The number of pyridine rings is 2. The Labute approximate surface area is 111 Å². The third kappa shape index (κ3) is 2.36. The van der Waals surface area contributed by atoms with E-state index < -0.39 is 6.04 Å². The zero-order valence-electron chi connectivity index (χ0n) is 11.3. The van der Waals surface area contributed by atoms with Crippen molar-refractivity contribution >= 4 is 16.8 Å². The highest BCUT2D eigenvalue weighted by molar-refractivity contribution is 5.81. The van der Waals surface area contributed by atoms with E-state index >= 15 is 0 Å². The van der Waals surface area contributed by atoms with Crippen molar-refractivity contribution < 1.29 is 4.79 Å². The number of amides is 1. The lowest BCUT2D eigenvalue weighted by atomic mass is 10.1. The molecule has 5 heteroatoms. The largest absolute Gasteiger partial charge is 0.347 e. The molecule has 0 radical (unpaired) electrons. The van der Waals surface area contributed by atoms with E-state index in [2.05, 4.69) is 4.98 Å². The summed E-state index contributed by atoms with van der Waals surface area (Å²) < 4.78 is 1.49. The van der Waals surface area contributed by atoms with Crippen molar-refractivity contribution in [3.8, 4) is 0 Å².